The molecule has 0 atom stereocenters. The molecule has 1 rings (SSSR count). The van der Waals surface area contributed by atoms with Gasteiger partial charge in [0.25, 0.3) is 0 Å². The van der Waals surface area contributed by atoms with Crippen LogP contribution >= 0.6 is 32.9 Å². The van der Waals surface area contributed by atoms with Crippen LogP contribution in [-0.2, 0) is 0 Å². The first kappa shape index (κ1) is 16.4. The number of alkyl halides is 4. The van der Waals surface area contributed by atoms with E-state index in [1.807, 2.05) is 0 Å². The molecule has 96 valence electrons. The Hall–Kier alpha value is -0.630. The average molecular weight is 379 g/mol. The molecule has 1 aromatic heterocycles. The standard InChI is InChI=1S/C9H7BrF3NO2.BrH/c10-3-8(15)7-2-1-6(4-14-7)16-5-9(11,12)13;/h1-2,4H,3,5H2;1H. The quantitative estimate of drug-likeness (QED) is 0.596. The van der Waals surface area contributed by atoms with E-state index in [-0.39, 0.29) is 39.5 Å². The molecule has 17 heavy (non-hydrogen) atoms. The van der Waals surface area contributed by atoms with Gasteiger partial charge in [-0.2, -0.15) is 13.2 Å². The van der Waals surface area contributed by atoms with E-state index in [0.717, 1.165) is 6.20 Å². The van der Waals surface area contributed by atoms with Gasteiger partial charge in [-0.05, 0) is 12.1 Å². The molecule has 0 radical (unpaired) electrons. The van der Waals surface area contributed by atoms with Gasteiger partial charge in [-0.25, -0.2) is 4.98 Å². The van der Waals surface area contributed by atoms with E-state index in [0.29, 0.717) is 0 Å². The van der Waals surface area contributed by atoms with Gasteiger partial charge in [-0.15, -0.1) is 17.0 Å². The van der Waals surface area contributed by atoms with Crippen LogP contribution in [0.1, 0.15) is 10.5 Å². The molecule has 1 heterocycles. The van der Waals surface area contributed by atoms with Crippen LogP contribution in [0.25, 0.3) is 0 Å². The molecule has 0 N–H and O–H groups in total. The number of halogens is 5. The lowest BCUT2D eigenvalue weighted by atomic mass is 10.3. The van der Waals surface area contributed by atoms with Crippen LogP contribution in [0, 0.1) is 0 Å². The minimum absolute atomic E-state index is 0. The zero-order valence-corrected chi connectivity index (χ0v) is 11.6. The van der Waals surface area contributed by atoms with Crippen LogP contribution in [-0.4, -0.2) is 28.9 Å². The lowest BCUT2D eigenvalue weighted by molar-refractivity contribution is -0.153. The van der Waals surface area contributed by atoms with Crippen molar-refractivity contribution < 1.29 is 22.7 Å². The molecule has 1 aromatic rings. The summed E-state index contributed by atoms with van der Waals surface area (Å²) in [5, 5.41) is 0.114. The molecule has 0 unspecified atom stereocenters. The number of rotatable bonds is 4. The third-order valence-corrected chi connectivity index (χ3v) is 2.06. The predicted octanol–water partition coefficient (Wildman–Crippen LogP) is 3.18. The van der Waals surface area contributed by atoms with Crippen molar-refractivity contribution in [2.24, 2.45) is 0 Å². The van der Waals surface area contributed by atoms with Crippen LogP contribution < -0.4 is 4.74 Å². The fourth-order valence-corrected chi connectivity index (χ4v) is 1.15. The monoisotopic (exact) mass is 377 g/mol. The summed E-state index contributed by atoms with van der Waals surface area (Å²) in [5.74, 6) is -0.272. The van der Waals surface area contributed by atoms with E-state index < -0.39 is 12.8 Å². The van der Waals surface area contributed by atoms with Crippen LogP contribution in [0.4, 0.5) is 13.2 Å². The molecule has 0 aliphatic heterocycles. The molecule has 8 heteroatoms. The number of aromatic nitrogens is 1. The molecule has 3 nitrogen and oxygen atoms in total. The van der Waals surface area contributed by atoms with Crippen LogP contribution in [0.2, 0.25) is 0 Å². The normalized spacial score (nSPS) is 10.6. The number of hydrogen-bond donors (Lipinski definition) is 0. The Balaban J connectivity index is 0.00000256. The average Bonchev–Trinajstić information content (AvgIpc) is 2.25. The molecule has 0 saturated heterocycles. The van der Waals surface area contributed by atoms with Gasteiger partial charge in [0, 0.05) is 0 Å². The number of pyridine rings is 1. The number of nitrogens with zero attached hydrogens (tertiary/aromatic N) is 1. The third kappa shape index (κ3) is 6.02. The Morgan fingerprint density at radius 2 is 2.06 bits per heavy atom. The number of carbonyl (C=O) groups excluding carboxylic acids is 1. The number of carbonyl (C=O) groups is 1. The van der Waals surface area contributed by atoms with Crippen LogP contribution in [0.5, 0.6) is 5.75 Å². The van der Waals surface area contributed by atoms with Crippen molar-refractivity contribution in [1.29, 1.82) is 0 Å². The lowest BCUT2D eigenvalue weighted by Crippen LogP contribution is -2.19. The highest BCUT2D eigenvalue weighted by Crippen LogP contribution is 2.17. The van der Waals surface area contributed by atoms with Gasteiger partial charge in [-0.1, -0.05) is 15.9 Å². The van der Waals surface area contributed by atoms with E-state index in [9.17, 15) is 18.0 Å². The molecule has 0 saturated carbocycles. The van der Waals surface area contributed by atoms with E-state index in [2.05, 4.69) is 25.7 Å². The molecule has 0 bridgehead atoms. The van der Waals surface area contributed by atoms with Crippen molar-refractivity contribution in [3.8, 4) is 5.75 Å². The van der Waals surface area contributed by atoms with Gasteiger partial charge in [0.15, 0.2) is 12.4 Å². The summed E-state index contributed by atoms with van der Waals surface area (Å²) >= 11 is 2.96. The summed E-state index contributed by atoms with van der Waals surface area (Å²) in [6.45, 7) is -1.37. The summed E-state index contributed by atoms with van der Waals surface area (Å²) in [7, 11) is 0. The number of Topliss-reactive ketones (excluding diaryl/α,β-unsaturated/α-hetero) is 1. The highest BCUT2D eigenvalue weighted by Gasteiger charge is 2.28. The second-order valence-corrected chi connectivity index (χ2v) is 3.40. The Bertz CT molecular complexity index is 367. The number of ketones is 1. The van der Waals surface area contributed by atoms with Crippen molar-refractivity contribution >= 4 is 38.7 Å². The molecular formula is C9H8Br2F3NO2. The van der Waals surface area contributed by atoms with Crippen LogP contribution in [0.3, 0.4) is 0 Å². The highest BCUT2D eigenvalue weighted by molar-refractivity contribution is 9.09. The second kappa shape index (κ2) is 6.95. The summed E-state index contributed by atoms with van der Waals surface area (Å²) in [4.78, 5) is 14.8. The molecule has 0 aromatic carbocycles. The highest BCUT2D eigenvalue weighted by atomic mass is 79.9. The third-order valence-electron chi connectivity index (χ3n) is 1.55. The zero-order valence-electron chi connectivity index (χ0n) is 8.33. The van der Waals surface area contributed by atoms with Gasteiger partial charge in [0.1, 0.15) is 11.4 Å². The van der Waals surface area contributed by atoms with E-state index in [1.54, 1.807) is 0 Å². The fourth-order valence-electron chi connectivity index (χ4n) is 0.864. The molecular weight excluding hydrogens is 371 g/mol. The minimum Gasteiger partial charge on any atom is -0.483 e. The van der Waals surface area contributed by atoms with Gasteiger partial charge in [0.05, 0.1) is 11.5 Å². The Kier molecular flexibility index (Phi) is 6.69. The lowest BCUT2D eigenvalue weighted by Gasteiger charge is -2.08. The van der Waals surface area contributed by atoms with Crippen LogP contribution in [0.15, 0.2) is 18.3 Å². The molecule has 0 amide bonds. The maximum absolute atomic E-state index is 11.8. The second-order valence-electron chi connectivity index (χ2n) is 2.84. The smallest absolute Gasteiger partial charge is 0.422 e. The van der Waals surface area contributed by atoms with Gasteiger partial charge >= 0.3 is 6.18 Å². The van der Waals surface area contributed by atoms with Gasteiger partial charge in [0.2, 0.25) is 0 Å². The van der Waals surface area contributed by atoms with Crippen molar-refractivity contribution in [2.75, 3.05) is 11.9 Å². The van der Waals surface area contributed by atoms with E-state index in [1.165, 1.54) is 12.1 Å². The zero-order chi connectivity index (χ0) is 12.2. The summed E-state index contributed by atoms with van der Waals surface area (Å²) < 4.78 is 39.8. The first-order valence-electron chi connectivity index (χ1n) is 4.17. The Morgan fingerprint density at radius 1 is 1.41 bits per heavy atom. The molecule has 0 spiro atoms. The molecule has 0 aliphatic carbocycles. The maximum atomic E-state index is 11.8. The van der Waals surface area contributed by atoms with E-state index in [4.69, 9.17) is 0 Å². The Morgan fingerprint density at radius 3 is 2.47 bits per heavy atom. The summed E-state index contributed by atoms with van der Waals surface area (Å²) in [6, 6.07) is 2.59. The topological polar surface area (TPSA) is 39.2 Å². The Labute approximate surface area is 114 Å². The van der Waals surface area contributed by atoms with Gasteiger partial charge in [-0.3, -0.25) is 4.79 Å². The largest absolute Gasteiger partial charge is 0.483 e. The summed E-state index contributed by atoms with van der Waals surface area (Å²) in [5.41, 5.74) is 0.177. The molecule has 0 aliphatic rings. The number of ether oxygens (including phenoxy) is 1. The SMILES string of the molecule is Br.O=C(CBr)c1ccc(OCC(F)(F)F)cn1. The molecule has 0 fully saturated rings. The summed E-state index contributed by atoms with van der Waals surface area (Å²) in [6.07, 6.45) is -3.30. The first-order chi connectivity index (χ1) is 7.42. The van der Waals surface area contributed by atoms with Crippen molar-refractivity contribution in [1.82, 2.24) is 4.98 Å². The predicted molar refractivity (Wildman–Crippen MR) is 64.2 cm³/mol. The van der Waals surface area contributed by atoms with Crippen molar-refractivity contribution in [2.45, 2.75) is 6.18 Å². The minimum atomic E-state index is -4.38. The van der Waals surface area contributed by atoms with Crippen molar-refractivity contribution in [3.63, 3.8) is 0 Å². The van der Waals surface area contributed by atoms with E-state index >= 15 is 0 Å². The van der Waals surface area contributed by atoms with Crippen molar-refractivity contribution in [3.05, 3.63) is 24.0 Å². The first-order valence-corrected chi connectivity index (χ1v) is 5.29. The number of hydrogen-bond acceptors (Lipinski definition) is 3. The maximum Gasteiger partial charge on any atom is 0.422 e. The van der Waals surface area contributed by atoms with Gasteiger partial charge < -0.3 is 4.74 Å². The fraction of sp³-hybridized carbons (Fsp3) is 0.333.